The molecule has 0 fully saturated rings. The summed E-state index contributed by atoms with van der Waals surface area (Å²) in [6, 6.07) is 13.6. The number of carbonyl (C=O) groups is 1. The molecule has 1 amide bonds. The molecule has 9 heteroatoms. The van der Waals surface area contributed by atoms with E-state index in [0.29, 0.717) is 10.7 Å². The average Bonchev–Trinajstić information content (AvgIpc) is 3.19. The molecule has 0 saturated carbocycles. The van der Waals surface area contributed by atoms with Crippen LogP contribution in [0.2, 0.25) is 0 Å². The van der Waals surface area contributed by atoms with E-state index in [9.17, 15) is 13.2 Å². The van der Waals surface area contributed by atoms with Gasteiger partial charge in [-0.05, 0) is 40.8 Å². The Hall–Kier alpha value is -2.62. The van der Waals surface area contributed by atoms with Crippen LogP contribution in [0.4, 0.5) is 5.13 Å². The van der Waals surface area contributed by atoms with Gasteiger partial charge >= 0.3 is 0 Å². The minimum atomic E-state index is -3.62. The van der Waals surface area contributed by atoms with Crippen LogP contribution < -0.4 is 10.0 Å². The van der Waals surface area contributed by atoms with Crippen molar-refractivity contribution in [2.75, 3.05) is 5.32 Å². The van der Waals surface area contributed by atoms with E-state index in [1.54, 1.807) is 36.4 Å². The van der Waals surface area contributed by atoms with Gasteiger partial charge in [0.15, 0.2) is 0 Å². The third-order valence-corrected chi connectivity index (χ3v) is 6.32. The highest BCUT2D eigenvalue weighted by Crippen LogP contribution is 2.23. The van der Waals surface area contributed by atoms with Crippen molar-refractivity contribution in [3.63, 3.8) is 0 Å². The van der Waals surface area contributed by atoms with Crippen LogP contribution in [-0.4, -0.2) is 24.5 Å². The summed E-state index contributed by atoms with van der Waals surface area (Å²) in [7, 11) is -3.62. The summed E-state index contributed by atoms with van der Waals surface area (Å²) in [5.41, 5.74) is 3.75. The lowest BCUT2D eigenvalue weighted by Gasteiger charge is -2.19. The van der Waals surface area contributed by atoms with Crippen molar-refractivity contribution in [2.24, 2.45) is 0 Å². The van der Waals surface area contributed by atoms with Crippen molar-refractivity contribution >= 4 is 32.4 Å². The van der Waals surface area contributed by atoms with E-state index >= 15 is 0 Å². The van der Waals surface area contributed by atoms with Gasteiger partial charge in [-0.25, -0.2) is 13.1 Å². The minimum Gasteiger partial charge on any atom is -0.296 e. The molecule has 29 heavy (non-hydrogen) atoms. The maximum atomic E-state index is 12.5. The van der Waals surface area contributed by atoms with Gasteiger partial charge in [-0.1, -0.05) is 56.4 Å². The van der Waals surface area contributed by atoms with Gasteiger partial charge < -0.3 is 0 Å². The lowest BCUT2D eigenvalue weighted by molar-refractivity contribution is 0.102. The normalized spacial score (nSPS) is 12.0. The second kappa shape index (κ2) is 8.40. The Morgan fingerprint density at radius 1 is 1.03 bits per heavy atom. The summed E-state index contributed by atoms with van der Waals surface area (Å²) < 4.78 is 27.7. The summed E-state index contributed by atoms with van der Waals surface area (Å²) in [5, 5.41) is 10.5. The zero-order chi connectivity index (χ0) is 21.1. The SMILES string of the molecule is CC(C)(C)c1ccc(S(=O)(=O)NCc2ccc(C(=O)Nc3nncs3)cc2)cc1. The third kappa shape index (κ3) is 5.47. The largest absolute Gasteiger partial charge is 0.296 e. The predicted molar refractivity (Wildman–Crippen MR) is 113 cm³/mol. The number of carbonyl (C=O) groups excluding carboxylic acids is 1. The number of rotatable bonds is 6. The fraction of sp³-hybridized carbons (Fsp3) is 0.250. The van der Waals surface area contributed by atoms with E-state index < -0.39 is 10.0 Å². The molecule has 0 atom stereocenters. The number of benzene rings is 2. The average molecular weight is 431 g/mol. The molecule has 1 aromatic heterocycles. The van der Waals surface area contributed by atoms with Gasteiger partial charge in [0.1, 0.15) is 5.51 Å². The molecule has 2 N–H and O–H groups in total. The first-order chi connectivity index (χ1) is 13.6. The van der Waals surface area contributed by atoms with Crippen molar-refractivity contribution in [2.45, 2.75) is 37.6 Å². The van der Waals surface area contributed by atoms with Crippen molar-refractivity contribution in [1.82, 2.24) is 14.9 Å². The fourth-order valence-corrected chi connectivity index (χ4v) is 4.02. The number of sulfonamides is 1. The number of hydrogen-bond donors (Lipinski definition) is 2. The van der Waals surface area contributed by atoms with Crippen LogP contribution in [0.25, 0.3) is 0 Å². The van der Waals surface area contributed by atoms with Gasteiger partial charge in [0, 0.05) is 12.1 Å². The number of amides is 1. The molecule has 0 aliphatic rings. The van der Waals surface area contributed by atoms with Gasteiger partial charge in [-0.2, -0.15) is 0 Å². The lowest BCUT2D eigenvalue weighted by Crippen LogP contribution is -2.23. The van der Waals surface area contributed by atoms with E-state index in [-0.39, 0.29) is 22.8 Å². The third-order valence-electron chi connectivity index (χ3n) is 4.29. The van der Waals surface area contributed by atoms with E-state index in [2.05, 4.69) is 41.0 Å². The lowest BCUT2D eigenvalue weighted by atomic mass is 9.87. The van der Waals surface area contributed by atoms with Crippen molar-refractivity contribution in [1.29, 1.82) is 0 Å². The number of hydrogen-bond acceptors (Lipinski definition) is 6. The van der Waals surface area contributed by atoms with Gasteiger partial charge in [-0.15, -0.1) is 10.2 Å². The molecule has 0 unspecified atom stereocenters. The number of nitrogens with zero attached hydrogens (tertiary/aromatic N) is 2. The molecule has 0 saturated heterocycles. The van der Waals surface area contributed by atoms with Crippen LogP contribution >= 0.6 is 11.3 Å². The molecule has 0 aliphatic heterocycles. The smallest absolute Gasteiger partial charge is 0.257 e. The van der Waals surface area contributed by atoms with Crippen molar-refractivity contribution in [3.05, 3.63) is 70.7 Å². The van der Waals surface area contributed by atoms with Crippen LogP contribution in [-0.2, 0) is 22.0 Å². The van der Waals surface area contributed by atoms with E-state index in [4.69, 9.17) is 0 Å². The Morgan fingerprint density at radius 2 is 1.69 bits per heavy atom. The highest BCUT2D eigenvalue weighted by Gasteiger charge is 2.17. The maximum Gasteiger partial charge on any atom is 0.257 e. The number of nitrogens with one attached hydrogen (secondary N) is 2. The molecule has 1 heterocycles. The Morgan fingerprint density at radius 3 is 2.24 bits per heavy atom. The molecular weight excluding hydrogens is 408 g/mol. The topological polar surface area (TPSA) is 101 Å². The Labute approximate surface area is 174 Å². The van der Waals surface area contributed by atoms with Crippen LogP contribution in [0.1, 0.15) is 42.3 Å². The van der Waals surface area contributed by atoms with Crippen LogP contribution in [0.3, 0.4) is 0 Å². The molecule has 0 spiro atoms. The Kier molecular flexibility index (Phi) is 6.11. The monoisotopic (exact) mass is 430 g/mol. The summed E-state index contributed by atoms with van der Waals surface area (Å²) >= 11 is 1.23. The van der Waals surface area contributed by atoms with Crippen LogP contribution in [0.15, 0.2) is 58.9 Å². The first-order valence-electron chi connectivity index (χ1n) is 8.92. The second-order valence-electron chi connectivity index (χ2n) is 7.49. The summed E-state index contributed by atoms with van der Waals surface area (Å²) in [6.45, 7) is 6.35. The highest BCUT2D eigenvalue weighted by molar-refractivity contribution is 7.89. The second-order valence-corrected chi connectivity index (χ2v) is 10.1. The first-order valence-corrected chi connectivity index (χ1v) is 11.3. The summed E-state index contributed by atoms with van der Waals surface area (Å²) in [6.07, 6.45) is 0. The predicted octanol–water partition coefficient (Wildman–Crippen LogP) is 3.57. The summed E-state index contributed by atoms with van der Waals surface area (Å²) in [4.78, 5) is 12.4. The Balaban J connectivity index is 1.62. The molecule has 3 aromatic rings. The molecule has 152 valence electrons. The van der Waals surface area contributed by atoms with Gasteiger partial charge in [0.25, 0.3) is 5.91 Å². The van der Waals surface area contributed by atoms with Crippen molar-refractivity contribution < 1.29 is 13.2 Å². The maximum absolute atomic E-state index is 12.5. The van der Waals surface area contributed by atoms with Gasteiger partial charge in [0.2, 0.25) is 15.2 Å². The quantitative estimate of drug-likeness (QED) is 0.623. The fourth-order valence-electron chi connectivity index (χ4n) is 2.57. The molecule has 0 bridgehead atoms. The molecule has 0 radical (unpaired) electrons. The molecule has 0 aliphatic carbocycles. The number of aromatic nitrogens is 2. The van der Waals surface area contributed by atoms with Crippen LogP contribution in [0.5, 0.6) is 0 Å². The van der Waals surface area contributed by atoms with Crippen LogP contribution in [0, 0.1) is 0 Å². The molecule has 2 aromatic carbocycles. The van der Waals surface area contributed by atoms with E-state index in [1.807, 2.05) is 12.1 Å². The van der Waals surface area contributed by atoms with Crippen molar-refractivity contribution in [3.8, 4) is 0 Å². The molecular formula is C20H22N4O3S2. The Bertz CT molecular complexity index is 1070. The van der Waals surface area contributed by atoms with Gasteiger partial charge in [0.05, 0.1) is 4.90 Å². The standard InChI is InChI=1S/C20H22N4O3S2/c1-20(2,3)16-8-10-17(11-9-16)29(26,27)22-12-14-4-6-15(7-5-14)18(25)23-19-24-21-13-28-19/h4-11,13,22H,12H2,1-3H3,(H,23,24,25). The minimum absolute atomic E-state index is 0.0418. The number of anilines is 1. The highest BCUT2D eigenvalue weighted by atomic mass is 32.2. The first kappa shape index (κ1) is 21.1. The summed E-state index contributed by atoms with van der Waals surface area (Å²) in [5.74, 6) is -0.298. The van der Waals surface area contributed by atoms with Gasteiger partial charge in [-0.3, -0.25) is 10.1 Å². The molecule has 3 rings (SSSR count). The van der Waals surface area contributed by atoms with E-state index in [0.717, 1.165) is 11.1 Å². The van der Waals surface area contributed by atoms with E-state index in [1.165, 1.54) is 16.8 Å². The zero-order valence-electron chi connectivity index (χ0n) is 16.3. The zero-order valence-corrected chi connectivity index (χ0v) is 18.0. The molecule has 7 nitrogen and oxygen atoms in total.